The van der Waals surface area contributed by atoms with Crippen LogP contribution in [0.4, 0.5) is 0 Å². The standard InChI is InChI=1S/C47H66O11SSi/c1-31(48)24-41-40(55-28-35-20-14-10-15-21-35)26-42-46(57-41)38(30-59(52,53)37-22-16-11-17-23-37)43(50)44(51)45(58-42)33(3)32(2)39(49)25-36(29-56-60(7,8)47(4,5)6)54-27-34-18-12-9-13-19-34/h9-23,32-33,36,38,40-46,50-51H,24-30H2,1-8H3/t32-,33-,36-,38-,40+,41-,42-,43-,44-,45+,46+/m0/s1. The summed E-state index contributed by atoms with van der Waals surface area (Å²) in [5, 5.41) is 24.0. The van der Waals surface area contributed by atoms with E-state index in [1.807, 2.05) is 60.7 Å². The van der Waals surface area contributed by atoms with Gasteiger partial charge in [0.15, 0.2) is 18.2 Å². The van der Waals surface area contributed by atoms with Gasteiger partial charge in [0.2, 0.25) is 0 Å². The third-order valence-corrected chi connectivity index (χ3v) is 19.1. The van der Waals surface area contributed by atoms with Gasteiger partial charge in [0.25, 0.3) is 0 Å². The SMILES string of the molecule is CC(=O)C[C@@H]1O[C@@H]2[C@@H](CS(=O)(=O)c3ccccc3)[C@H](O)[C@H](O)[C@@H]([C@@H](C)[C@H](C)C(=O)C[C@@H](CO[Si](C)(C)C(C)(C)C)OCc3ccccc3)O[C@H]2C[C@H]1OCc1ccccc1. The summed E-state index contributed by atoms with van der Waals surface area (Å²) in [6, 6.07) is 27.3. The molecule has 13 heteroatoms. The minimum absolute atomic E-state index is 0.00248. The van der Waals surface area contributed by atoms with E-state index < -0.39 is 90.5 Å². The van der Waals surface area contributed by atoms with E-state index in [2.05, 4.69) is 33.9 Å². The minimum Gasteiger partial charge on any atom is -0.414 e. The summed E-state index contributed by atoms with van der Waals surface area (Å²) in [6.45, 7) is 16.6. The Morgan fingerprint density at radius 2 is 1.42 bits per heavy atom. The Labute approximate surface area is 358 Å². The fourth-order valence-electron chi connectivity index (χ4n) is 7.81. The highest BCUT2D eigenvalue weighted by Crippen LogP contribution is 2.41. The molecule has 2 N–H and O–H groups in total. The molecule has 0 unspecified atom stereocenters. The summed E-state index contributed by atoms with van der Waals surface area (Å²) >= 11 is 0. The molecule has 2 fully saturated rings. The topological polar surface area (TPSA) is 155 Å². The lowest BCUT2D eigenvalue weighted by molar-refractivity contribution is -0.222. The van der Waals surface area contributed by atoms with Crippen LogP contribution in [0.3, 0.4) is 0 Å². The molecule has 0 amide bonds. The molecule has 3 aromatic carbocycles. The normalized spacial score (nSPS) is 26.6. The molecule has 11 nitrogen and oxygen atoms in total. The maximum absolute atomic E-state index is 14.3. The average Bonchev–Trinajstić information content (AvgIpc) is 3.30. The van der Waals surface area contributed by atoms with E-state index in [4.69, 9.17) is 23.4 Å². The summed E-state index contributed by atoms with van der Waals surface area (Å²) < 4.78 is 60.5. The molecule has 11 atom stereocenters. The summed E-state index contributed by atoms with van der Waals surface area (Å²) in [4.78, 5) is 26.9. The van der Waals surface area contributed by atoms with Crippen LogP contribution in [0.2, 0.25) is 18.1 Å². The number of ether oxygens (including phenoxy) is 4. The zero-order valence-corrected chi connectivity index (χ0v) is 38.3. The maximum Gasteiger partial charge on any atom is 0.192 e. The number of hydrogen-bond donors (Lipinski definition) is 2. The van der Waals surface area contributed by atoms with Gasteiger partial charge in [-0.25, -0.2) is 8.42 Å². The largest absolute Gasteiger partial charge is 0.414 e. The molecule has 0 spiro atoms. The molecule has 330 valence electrons. The van der Waals surface area contributed by atoms with Crippen molar-refractivity contribution < 1.29 is 51.6 Å². The van der Waals surface area contributed by atoms with E-state index in [-0.39, 0.29) is 54.0 Å². The van der Waals surface area contributed by atoms with Gasteiger partial charge in [-0.3, -0.25) is 9.59 Å². The number of aliphatic hydroxyl groups excluding tert-OH is 2. The molecule has 0 bridgehead atoms. The smallest absolute Gasteiger partial charge is 0.192 e. The van der Waals surface area contributed by atoms with E-state index >= 15 is 0 Å². The molecule has 2 heterocycles. The number of Topliss-reactive ketones (excluding diaryl/α,β-unsaturated/α-hetero) is 2. The highest BCUT2D eigenvalue weighted by atomic mass is 32.2. The molecule has 2 saturated heterocycles. The number of rotatable bonds is 19. The van der Waals surface area contributed by atoms with E-state index in [9.17, 15) is 28.2 Å². The Hall–Kier alpha value is -3.11. The van der Waals surface area contributed by atoms with Crippen molar-refractivity contribution in [1.82, 2.24) is 0 Å². The van der Waals surface area contributed by atoms with Gasteiger partial charge in [0.1, 0.15) is 17.7 Å². The van der Waals surface area contributed by atoms with Crippen LogP contribution in [0.25, 0.3) is 0 Å². The first kappa shape index (κ1) is 47.9. The monoisotopic (exact) mass is 866 g/mol. The molecule has 2 aliphatic heterocycles. The Morgan fingerprint density at radius 1 is 0.850 bits per heavy atom. The lowest BCUT2D eigenvalue weighted by Gasteiger charge is -2.44. The Balaban J connectivity index is 1.42. The predicted molar refractivity (Wildman–Crippen MR) is 232 cm³/mol. The van der Waals surface area contributed by atoms with Crippen molar-refractivity contribution in [1.29, 1.82) is 0 Å². The zero-order valence-electron chi connectivity index (χ0n) is 36.4. The van der Waals surface area contributed by atoms with Gasteiger partial charge >= 0.3 is 0 Å². The van der Waals surface area contributed by atoms with E-state index in [1.54, 1.807) is 32.0 Å². The third-order valence-electron chi connectivity index (χ3n) is 12.8. The second-order valence-electron chi connectivity index (χ2n) is 18.3. The Morgan fingerprint density at radius 3 is 1.98 bits per heavy atom. The first-order valence-corrected chi connectivity index (χ1v) is 25.8. The molecule has 5 rings (SSSR count). The molecule has 0 radical (unpaired) electrons. The van der Waals surface area contributed by atoms with Gasteiger partial charge < -0.3 is 33.6 Å². The van der Waals surface area contributed by atoms with Gasteiger partial charge in [-0.05, 0) is 54.2 Å². The minimum atomic E-state index is -4.00. The van der Waals surface area contributed by atoms with Gasteiger partial charge in [0, 0.05) is 31.1 Å². The number of sulfone groups is 1. The number of carbonyl (C=O) groups is 2. The van der Waals surface area contributed by atoms with Crippen molar-refractivity contribution in [3.63, 3.8) is 0 Å². The molecule has 2 aliphatic rings. The van der Waals surface area contributed by atoms with E-state index in [0.717, 1.165) is 11.1 Å². The summed E-state index contributed by atoms with van der Waals surface area (Å²) in [5.41, 5.74) is 1.89. The van der Waals surface area contributed by atoms with Crippen molar-refractivity contribution >= 4 is 29.7 Å². The van der Waals surface area contributed by atoms with E-state index in [0.29, 0.717) is 6.61 Å². The van der Waals surface area contributed by atoms with Gasteiger partial charge in [-0.1, -0.05) is 113 Å². The Kier molecular flexibility index (Phi) is 16.6. The quantitative estimate of drug-likeness (QED) is 0.118. The highest BCUT2D eigenvalue weighted by molar-refractivity contribution is 7.91. The van der Waals surface area contributed by atoms with Crippen LogP contribution in [0.15, 0.2) is 95.9 Å². The number of fused-ring (bicyclic) bond motifs is 1. The fraction of sp³-hybridized carbons (Fsp3) is 0.574. The van der Waals surface area contributed by atoms with Crippen molar-refractivity contribution in [3.8, 4) is 0 Å². The summed E-state index contributed by atoms with van der Waals surface area (Å²) in [5.74, 6) is -3.27. The molecule has 3 aromatic rings. The number of hydrogen-bond acceptors (Lipinski definition) is 11. The first-order chi connectivity index (χ1) is 28.3. The third kappa shape index (κ3) is 12.5. The van der Waals surface area contributed by atoms with Crippen LogP contribution in [0.1, 0.15) is 71.9 Å². The first-order valence-electron chi connectivity index (χ1n) is 21.2. The van der Waals surface area contributed by atoms with Crippen molar-refractivity contribution in [3.05, 3.63) is 102 Å². The lowest BCUT2D eigenvalue weighted by atomic mass is 9.80. The molecule has 0 saturated carbocycles. The number of benzene rings is 3. The van der Waals surface area contributed by atoms with Crippen LogP contribution in [-0.4, -0.2) is 99.7 Å². The van der Waals surface area contributed by atoms with E-state index in [1.165, 1.54) is 19.1 Å². The van der Waals surface area contributed by atoms with Crippen molar-refractivity contribution in [2.45, 2.75) is 146 Å². The molecule has 0 aliphatic carbocycles. The molecule has 0 aromatic heterocycles. The number of ketones is 2. The van der Waals surface area contributed by atoms with Crippen LogP contribution in [0, 0.1) is 17.8 Å². The maximum atomic E-state index is 14.3. The summed E-state index contributed by atoms with van der Waals surface area (Å²) in [7, 11) is -6.19. The van der Waals surface area contributed by atoms with Crippen LogP contribution in [-0.2, 0) is 56.0 Å². The van der Waals surface area contributed by atoms with Crippen LogP contribution < -0.4 is 0 Å². The number of carbonyl (C=O) groups excluding carboxylic acids is 2. The molecular weight excluding hydrogens is 801 g/mol. The second-order valence-corrected chi connectivity index (χ2v) is 25.1. The molecule has 60 heavy (non-hydrogen) atoms. The van der Waals surface area contributed by atoms with Crippen molar-refractivity contribution in [2.24, 2.45) is 17.8 Å². The van der Waals surface area contributed by atoms with Crippen molar-refractivity contribution in [2.75, 3.05) is 12.4 Å². The van der Waals surface area contributed by atoms with Gasteiger partial charge in [-0.2, -0.15) is 0 Å². The van der Waals surface area contributed by atoms with Gasteiger partial charge in [0.05, 0.1) is 73.2 Å². The summed E-state index contributed by atoms with van der Waals surface area (Å²) in [6.07, 6.45) is -7.87. The lowest BCUT2D eigenvalue weighted by Crippen LogP contribution is -2.55. The Bertz CT molecular complexity index is 1920. The number of aliphatic hydroxyl groups is 2. The van der Waals surface area contributed by atoms with Crippen LogP contribution >= 0.6 is 0 Å². The highest BCUT2D eigenvalue weighted by Gasteiger charge is 2.54. The predicted octanol–water partition coefficient (Wildman–Crippen LogP) is 7.13. The second kappa shape index (κ2) is 20.8. The zero-order chi connectivity index (χ0) is 43.8. The fourth-order valence-corrected chi connectivity index (χ4v) is 10.5. The molecular formula is C47H66O11SSi. The van der Waals surface area contributed by atoms with Crippen LogP contribution in [0.5, 0.6) is 0 Å². The average molecular weight is 867 g/mol. The van der Waals surface area contributed by atoms with Gasteiger partial charge in [-0.15, -0.1) is 0 Å².